The van der Waals surface area contributed by atoms with Crippen LogP contribution in [0, 0.1) is 11.3 Å². The number of nitrogens with zero attached hydrogens (tertiary/aromatic N) is 2. The molecule has 0 aliphatic carbocycles. The maximum atomic E-state index is 9.25. The van der Waals surface area contributed by atoms with E-state index in [1.165, 1.54) is 10.4 Å². The maximum Gasteiger partial charge on any atom is 0.0998 e. The molecule has 0 bridgehead atoms. The van der Waals surface area contributed by atoms with Crippen LogP contribution in [0.25, 0.3) is 11.1 Å². The standard InChI is InChI=1S/C21H20N2S/c1-16(21-8-5-13-24-21)23(2)15-17-9-11-18(12-10-17)20-7-4-3-6-19(20)14-22/h3-13,16H,15H2,1-2H3. The second-order valence-electron chi connectivity index (χ2n) is 5.96. The summed E-state index contributed by atoms with van der Waals surface area (Å²) in [5.41, 5.74) is 4.07. The highest BCUT2D eigenvalue weighted by atomic mass is 32.1. The quantitative estimate of drug-likeness (QED) is 0.618. The fourth-order valence-electron chi connectivity index (χ4n) is 2.79. The highest BCUT2D eigenvalue weighted by molar-refractivity contribution is 7.10. The summed E-state index contributed by atoms with van der Waals surface area (Å²) in [6.07, 6.45) is 0. The second kappa shape index (κ2) is 7.44. The lowest BCUT2D eigenvalue weighted by atomic mass is 9.99. The summed E-state index contributed by atoms with van der Waals surface area (Å²) in [4.78, 5) is 3.74. The van der Waals surface area contributed by atoms with Crippen LogP contribution < -0.4 is 0 Å². The van der Waals surface area contributed by atoms with E-state index < -0.39 is 0 Å². The topological polar surface area (TPSA) is 27.0 Å². The van der Waals surface area contributed by atoms with Gasteiger partial charge in [0.1, 0.15) is 0 Å². The van der Waals surface area contributed by atoms with E-state index in [2.05, 4.69) is 66.7 Å². The smallest absolute Gasteiger partial charge is 0.0998 e. The Morgan fingerprint density at radius 3 is 2.46 bits per heavy atom. The van der Waals surface area contributed by atoms with Gasteiger partial charge in [0.25, 0.3) is 0 Å². The Morgan fingerprint density at radius 1 is 1.04 bits per heavy atom. The number of benzene rings is 2. The number of nitriles is 1. The first kappa shape index (κ1) is 16.4. The molecule has 2 aromatic carbocycles. The van der Waals surface area contributed by atoms with Gasteiger partial charge in [-0.2, -0.15) is 5.26 Å². The summed E-state index contributed by atoms with van der Waals surface area (Å²) in [7, 11) is 2.16. The number of rotatable bonds is 5. The fraction of sp³-hybridized carbons (Fsp3) is 0.190. The number of hydrogen-bond donors (Lipinski definition) is 0. The lowest BCUT2D eigenvalue weighted by Crippen LogP contribution is -2.21. The predicted molar refractivity (Wildman–Crippen MR) is 101 cm³/mol. The summed E-state index contributed by atoms with van der Waals surface area (Å²) in [5.74, 6) is 0. The van der Waals surface area contributed by atoms with Crippen LogP contribution in [-0.2, 0) is 6.54 Å². The van der Waals surface area contributed by atoms with Crippen molar-refractivity contribution in [2.75, 3.05) is 7.05 Å². The fourth-order valence-corrected chi connectivity index (χ4v) is 3.64. The van der Waals surface area contributed by atoms with Crippen molar-refractivity contribution in [1.29, 1.82) is 5.26 Å². The molecular formula is C21H20N2S. The van der Waals surface area contributed by atoms with Gasteiger partial charge in [-0.25, -0.2) is 0 Å². The molecular weight excluding hydrogens is 312 g/mol. The summed E-state index contributed by atoms with van der Waals surface area (Å²) in [6.45, 7) is 3.14. The van der Waals surface area contributed by atoms with Crippen LogP contribution >= 0.6 is 11.3 Å². The third kappa shape index (κ3) is 3.56. The van der Waals surface area contributed by atoms with Gasteiger partial charge < -0.3 is 0 Å². The molecule has 0 aliphatic rings. The molecule has 120 valence electrons. The van der Waals surface area contributed by atoms with E-state index >= 15 is 0 Å². The van der Waals surface area contributed by atoms with Crippen LogP contribution in [0.15, 0.2) is 66.0 Å². The molecule has 0 fully saturated rings. The summed E-state index contributed by atoms with van der Waals surface area (Å²) in [6, 6.07) is 23.2. The molecule has 0 aliphatic heterocycles. The maximum absolute atomic E-state index is 9.25. The molecule has 3 heteroatoms. The monoisotopic (exact) mass is 332 g/mol. The van der Waals surface area contributed by atoms with Gasteiger partial charge in [0.2, 0.25) is 0 Å². The highest BCUT2D eigenvalue weighted by Gasteiger charge is 2.13. The molecule has 1 aromatic heterocycles. The first-order chi connectivity index (χ1) is 11.7. The Balaban J connectivity index is 1.74. The van der Waals surface area contributed by atoms with E-state index in [9.17, 15) is 5.26 Å². The van der Waals surface area contributed by atoms with Crippen LogP contribution in [0.3, 0.4) is 0 Å². The normalized spacial score (nSPS) is 12.1. The molecule has 0 saturated heterocycles. The van der Waals surface area contributed by atoms with Gasteiger partial charge in [-0.15, -0.1) is 11.3 Å². The van der Waals surface area contributed by atoms with E-state index in [4.69, 9.17) is 0 Å². The average molecular weight is 332 g/mol. The second-order valence-corrected chi connectivity index (χ2v) is 6.94. The van der Waals surface area contributed by atoms with E-state index in [1.807, 2.05) is 24.3 Å². The number of thiophene rings is 1. The van der Waals surface area contributed by atoms with E-state index in [0.717, 1.165) is 17.7 Å². The first-order valence-electron chi connectivity index (χ1n) is 8.01. The van der Waals surface area contributed by atoms with Gasteiger partial charge in [0, 0.05) is 17.5 Å². The molecule has 0 N–H and O–H groups in total. The van der Waals surface area contributed by atoms with Crippen molar-refractivity contribution in [2.45, 2.75) is 19.5 Å². The summed E-state index contributed by atoms with van der Waals surface area (Å²) >= 11 is 1.80. The van der Waals surface area contributed by atoms with Gasteiger partial charge in [0.05, 0.1) is 11.6 Å². The molecule has 0 saturated carbocycles. The molecule has 3 aromatic rings. The third-order valence-electron chi connectivity index (χ3n) is 4.36. The first-order valence-corrected chi connectivity index (χ1v) is 8.89. The van der Waals surface area contributed by atoms with E-state index in [-0.39, 0.29) is 0 Å². The Labute approximate surface area is 147 Å². The minimum absolute atomic E-state index is 0.406. The lowest BCUT2D eigenvalue weighted by molar-refractivity contribution is 0.256. The van der Waals surface area contributed by atoms with Crippen molar-refractivity contribution in [1.82, 2.24) is 4.90 Å². The van der Waals surface area contributed by atoms with Crippen LogP contribution in [0.1, 0.15) is 29.0 Å². The highest BCUT2D eigenvalue weighted by Crippen LogP contribution is 2.26. The molecule has 1 unspecified atom stereocenters. The van der Waals surface area contributed by atoms with Gasteiger partial charge in [-0.3, -0.25) is 4.90 Å². The van der Waals surface area contributed by atoms with Gasteiger partial charge in [0.15, 0.2) is 0 Å². The molecule has 0 radical (unpaired) electrons. The average Bonchev–Trinajstić information content (AvgIpc) is 3.16. The van der Waals surface area contributed by atoms with Crippen molar-refractivity contribution >= 4 is 11.3 Å². The minimum atomic E-state index is 0.406. The van der Waals surface area contributed by atoms with Crippen molar-refractivity contribution in [2.24, 2.45) is 0 Å². The lowest BCUT2D eigenvalue weighted by Gasteiger charge is -2.24. The van der Waals surface area contributed by atoms with Crippen LogP contribution in [0.2, 0.25) is 0 Å². The molecule has 1 atom stereocenters. The molecule has 3 rings (SSSR count). The minimum Gasteiger partial charge on any atom is -0.295 e. The zero-order valence-electron chi connectivity index (χ0n) is 13.9. The van der Waals surface area contributed by atoms with Crippen LogP contribution in [-0.4, -0.2) is 11.9 Å². The predicted octanol–water partition coefficient (Wildman–Crippen LogP) is 5.48. The van der Waals surface area contributed by atoms with Crippen molar-refractivity contribution in [3.05, 3.63) is 82.0 Å². The zero-order valence-corrected chi connectivity index (χ0v) is 14.8. The zero-order chi connectivity index (χ0) is 16.9. The van der Waals surface area contributed by atoms with Gasteiger partial charge in [-0.1, -0.05) is 48.5 Å². The Kier molecular flexibility index (Phi) is 5.10. The Hall–Kier alpha value is -2.41. The Bertz CT molecular complexity index is 829. The summed E-state index contributed by atoms with van der Waals surface area (Å²) < 4.78 is 0. The van der Waals surface area contributed by atoms with Crippen LogP contribution in [0.4, 0.5) is 0 Å². The van der Waals surface area contributed by atoms with Gasteiger partial charge >= 0.3 is 0 Å². The van der Waals surface area contributed by atoms with Crippen LogP contribution in [0.5, 0.6) is 0 Å². The molecule has 0 amide bonds. The Morgan fingerprint density at radius 2 is 1.79 bits per heavy atom. The van der Waals surface area contributed by atoms with Crippen molar-refractivity contribution in [3.8, 4) is 17.2 Å². The van der Waals surface area contributed by atoms with Crippen molar-refractivity contribution in [3.63, 3.8) is 0 Å². The number of hydrogen-bond acceptors (Lipinski definition) is 3. The third-order valence-corrected chi connectivity index (χ3v) is 5.40. The molecule has 1 heterocycles. The van der Waals surface area contributed by atoms with E-state index in [1.54, 1.807) is 11.3 Å². The van der Waals surface area contributed by atoms with Gasteiger partial charge in [-0.05, 0) is 48.2 Å². The largest absolute Gasteiger partial charge is 0.295 e. The SMILES string of the molecule is CC(c1cccs1)N(C)Cc1ccc(-c2ccccc2C#N)cc1. The molecule has 2 nitrogen and oxygen atoms in total. The van der Waals surface area contributed by atoms with Crippen molar-refractivity contribution < 1.29 is 0 Å². The van der Waals surface area contributed by atoms with E-state index in [0.29, 0.717) is 11.6 Å². The summed E-state index contributed by atoms with van der Waals surface area (Å²) in [5, 5.41) is 11.4. The molecule has 0 spiro atoms. The molecule has 24 heavy (non-hydrogen) atoms.